The van der Waals surface area contributed by atoms with Crippen LogP contribution in [-0.2, 0) is 11.2 Å². The van der Waals surface area contributed by atoms with Gasteiger partial charge in [0.25, 0.3) is 0 Å². The number of alkyl halides is 3. The summed E-state index contributed by atoms with van der Waals surface area (Å²) in [6.07, 6.45) is -4.31. The van der Waals surface area contributed by atoms with Gasteiger partial charge in [0.05, 0.1) is 18.1 Å². The fourth-order valence-electron chi connectivity index (χ4n) is 3.44. The molecule has 0 aliphatic carbocycles. The van der Waals surface area contributed by atoms with Crippen LogP contribution in [0.2, 0.25) is 0 Å². The van der Waals surface area contributed by atoms with Gasteiger partial charge in [-0.2, -0.15) is 0 Å². The average molecular weight is 529 g/mol. The molecule has 198 valence electrons. The number of carbonyl (C=O) groups is 2. The maximum Gasteiger partial charge on any atom is 0.573 e. The van der Waals surface area contributed by atoms with Crippen molar-refractivity contribution in [3.8, 4) is 11.5 Å². The van der Waals surface area contributed by atoms with E-state index in [4.69, 9.17) is 14.6 Å². The normalized spacial score (nSPS) is 11.3. The van der Waals surface area contributed by atoms with Gasteiger partial charge in [-0.3, -0.25) is 9.93 Å². The van der Waals surface area contributed by atoms with Crippen LogP contribution in [0.15, 0.2) is 47.4 Å². The van der Waals surface area contributed by atoms with E-state index in [2.05, 4.69) is 4.74 Å². The largest absolute Gasteiger partial charge is 0.573 e. The SMILES string of the molecule is COc1ccc(C(=O)CCCCN(CCc2ccccc2OC(F)(F)F)C(=O)OC(C)C)cc1SN. The topological polar surface area (TPSA) is 91.1 Å². The first kappa shape index (κ1) is 29.3. The number of nitrogens with zero attached hydrogens (tertiary/aromatic N) is 1. The quantitative estimate of drug-likeness (QED) is 0.194. The molecule has 0 aliphatic rings. The molecule has 0 heterocycles. The number of para-hydroxylation sites is 1. The van der Waals surface area contributed by atoms with Crippen molar-refractivity contribution in [2.45, 2.75) is 56.9 Å². The second kappa shape index (κ2) is 14.0. The van der Waals surface area contributed by atoms with Crippen LogP contribution in [0.4, 0.5) is 18.0 Å². The minimum atomic E-state index is -4.81. The summed E-state index contributed by atoms with van der Waals surface area (Å²) in [5.74, 6) is 0.213. The summed E-state index contributed by atoms with van der Waals surface area (Å²) in [7, 11) is 1.52. The number of unbranched alkanes of at least 4 members (excludes halogenated alkanes) is 1. The molecule has 0 atom stereocenters. The van der Waals surface area contributed by atoms with E-state index in [9.17, 15) is 22.8 Å². The second-order valence-electron chi connectivity index (χ2n) is 8.19. The van der Waals surface area contributed by atoms with Gasteiger partial charge in [-0.15, -0.1) is 13.2 Å². The second-order valence-corrected chi connectivity index (χ2v) is 8.86. The predicted molar refractivity (Wildman–Crippen MR) is 131 cm³/mol. The molecule has 0 unspecified atom stereocenters. The summed E-state index contributed by atoms with van der Waals surface area (Å²) >= 11 is 0.993. The number of methoxy groups -OCH3 is 1. The highest BCUT2D eigenvalue weighted by atomic mass is 32.2. The number of ether oxygens (including phenoxy) is 3. The van der Waals surface area contributed by atoms with Crippen molar-refractivity contribution in [3.63, 3.8) is 0 Å². The van der Waals surface area contributed by atoms with E-state index >= 15 is 0 Å². The lowest BCUT2D eigenvalue weighted by molar-refractivity contribution is -0.274. The minimum Gasteiger partial charge on any atom is -0.496 e. The Morgan fingerprint density at radius 3 is 2.42 bits per heavy atom. The summed E-state index contributed by atoms with van der Waals surface area (Å²) in [5.41, 5.74) is 0.835. The number of amides is 1. The number of rotatable bonds is 13. The Balaban J connectivity index is 1.97. The first-order chi connectivity index (χ1) is 17.0. The van der Waals surface area contributed by atoms with Gasteiger partial charge in [-0.1, -0.05) is 18.2 Å². The lowest BCUT2D eigenvalue weighted by Crippen LogP contribution is -2.35. The number of hydrogen-bond donors (Lipinski definition) is 1. The van der Waals surface area contributed by atoms with E-state index in [0.29, 0.717) is 34.6 Å². The van der Waals surface area contributed by atoms with Crippen molar-refractivity contribution in [1.29, 1.82) is 0 Å². The maximum atomic E-state index is 12.7. The Labute approximate surface area is 213 Å². The first-order valence-electron chi connectivity index (χ1n) is 11.4. The summed E-state index contributed by atoms with van der Waals surface area (Å²) in [5, 5.41) is 5.64. The molecule has 0 aliphatic heterocycles. The molecule has 7 nitrogen and oxygen atoms in total. The van der Waals surface area contributed by atoms with Crippen LogP contribution in [0.25, 0.3) is 0 Å². The number of carbonyl (C=O) groups excluding carboxylic acids is 2. The summed E-state index contributed by atoms with van der Waals surface area (Å²) in [4.78, 5) is 27.3. The third-order valence-electron chi connectivity index (χ3n) is 5.14. The zero-order chi connectivity index (χ0) is 26.7. The third-order valence-corrected chi connectivity index (χ3v) is 5.71. The smallest absolute Gasteiger partial charge is 0.496 e. The van der Waals surface area contributed by atoms with Crippen LogP contribution in [0.3, 0.4) is 0 Å². The monoisotopic (exact) mass is 528 g/mol. The molecule has 0 saturated heterocycles. The van der Waals surface area contributed by atoms with E-state index in [-0.39, 0.29) is 43.6 Å². The number of halogens is 3. The van der Waals surface area contributed by atoms with Crippen LogP contribution < -0.4 is 14.6 Å². The van der Waals surface area contributed by atoms with Gasteiger partial charge in [0.2, 0.25) is 0 Å². The summed E-state index contributed by atoms with van der Waals surface area (Å²) in [6.45, 7) is 3.84. The number of ketones is 1. The molecule has 1 amide bonds. The van der Waals surface area contributed by atoms with E-state index < -0.39 is 12.5 Å². The predicted octanol–water partition coefficient (Wildman–Crippen LogP) is 6.00. The van der Waals surface area contributed by atoms with Gasteiger partial charge in [0.15, 0.2) is 5.78 Å². The minimum absolute atomic E-state index is 0.0671. The van der Waals surface area contributed by atoms with Crippen LogP contribution >= 0.6 is 11.9 Å². The molecule has 36 heavy (non-hydrogen) atoms. The van der Waals surface area contributed by atoms with Crippen molar-refractivity contribution in [1.82, 2.24) is 4.90 Å². The third kappa shape index (κ3) is 9.62. The zero-order valence-electron chi connectivity index (χ0n) is 20.5. The average Bonchev–Trinajstić information content (AvgIpc) is 2.82. The van der Waals surface area contributed by atoms with Gasteiger partial charge in [-0.25, -0.2) is 4.79 Å². The van der Waals surface area contributed by atoms with Crippen molar-refractivity contribution >= 4 is 23.8 Å². The van der Waals surface area contributed by atoms with E-state index in [0.717, 1.165) is 11.9 Å². The van der Waals surface area contributed by atoms with E-state index in [1.54, 1.807) is 38.1 Å². The molecule has 2 rings (SSSR count). The van der Waals surface area contributed by atoms with Gasteiger partial charge >= 0.3 is 12.5 Å². The number of benzene rings is 2. The lowest BCUT2D eigenvalue weighted by atomic mass is 10.0. The summed E-state index contributed by atoms with van der Waals surface area (Å²) in [6, 6.07) is 10.9. The van der Waals surface area contributed by atoms with Crippen LogP contribution in [0.5, 0.6) is 11.5 Å². The molecule has 0 aromatic heterocycles. The highest BCUT2D eigenvalue weighted by molar-refractivity contribution is 7.97. The zero-order valence-corrected chi connectivity index (χ0v) is 21.3. The van der Waals surface area contributed by atoms with E-state index in [1.807, 2.05) is 0 Å². The Morgan fingerprint density at radius 1 is 1.06 bits per heavy atom. The Hall–Kier alpha value is -2.92. The van der Waals surface area contributed by atoms with Crippen LogP contribution in [0, 0.1) is 0 Å². The van der Waals surface area contributed by atoms with Crippen LogP contribution in [-0.4, -0.2) is 49.4 Å². The van der Waals surface area contributed by atoms with Crippen LogP contribution in [0.1, 0.15) is 49.0 Å². The van der Waals surface area contributed by atoms with Crippen molar-refractivity contribution in [3.05, 3.63) is 53.6 Å². The number of Topliss-reactive ketones (excluding diaryl/α,β-unsaturated/α-hetero) is 1. The van der Waals surface area contributed by atoms with Gasteiger partial charge in [0.1, 0.15) is 11.5 Å². The van der Waals surface area contributed by atoms with Crippen molar-refractivity contribution in [2.75, 3.05) is 20.2 Å². The molecule has 0 fully saturated rings. The van der Waals surface area contributed by atoms with Crippen molar-refractivity contribution < 1.29 is 37.0 Å². The fourth-order valence-corrected chi connectivity index (χ4v) is 3.90. The molecule has 11 heteroatoms. The molecular formula is C25H31F3N2O5S. The van der Waals surface area contributed by atoms with Gasteiger partial charge < -0.3 is 19.1 Å². The van der Waals surface area contributed by atoms with Gasteiger partial charge in [0, 0.05) is 25.1 Å². The maximum absolute atomic E-state index is 12.7. The Kier molecular flexibility index (Phi) is 11.4. The van der Waals surface area contributed by atoms with E-state index in [1.165, 1.54) is 30.2 Å². The molecular weight excluding hydrogens is 497 g/mol. The summed E-state index contributed by atoms with van der Waals surface area (Å²) < 4.78 is 52.7. The molecule has 2 aromatic carbocycles. The molecule has 0 bridgehead atoms. The highest BCUT2D eigenvalue weighted by Gasteiger charge is 2.32. The van der Waals surface area contributed by atoms with Gasteiger partial charge in [-0.05, 0) is 74.9 Å². The molecule has 0 radical (unpaired) electrons. The van der Waals surface area contributed by atoms with Crippen molar-refractivity contribution in [2.24, 2.45) is 5.14 Å². The number of hydrogen-bond acceptors (Lipinski definition) is 7. The molecule has 2 aromatic rings. The Morgan fingerprint density at radius 2 is 1.78 bits per heavy atom. The standard InChI is InChI=1S/C25H31F3N2O5S/c1-17(2)34-24(32)30(15-13-18-8-4-5-10-21(18)35-25(26,27)28)14-7-6-9-20(31)19-11-12-22(33-3)23(16-19)36-29/h4-5,8,10-12,16-17H,6-7,9,13-15,29H2,1-3H3. The fraction of sp³-hybridized carbons (Fsp3) is 0.440. The Bertz CT molecular complexity index is 1020. The number of nitrogens with two attached hydrogens (primary N) is 1. The lowest BCUT2D eigenvalue weighted by Gasteiger charge is -2.24. The molecule has 0 saturated carbocycles. The molecule has 0 spiro atoms. The first-order valence-corrected chi connectivity index (χ1v) is 12.3. The molecule has 2 N–H and O–H groups in total. The highest BCUT2D eigenvalue weighted by Crippen LogP contribution is 2.28.